The van der Waals surface area contributed by atoms with E-state index in [9.17, 15) is 9.59 Å². The van der Waals surface area contributed by atoms with E-state index >= 15 is 0 Å². The van der Waals surface area contributed by atoms with Crippen LogP contribution in [0.5, 0.6) is 0 Å². The molecule has 1 aliphatic rings. The largest absolute Gasteiger partial charge is 0.332 e. The van der Waals surface area contributed by atoms with Crippen molar-refractivity contribution in [1.29, 1.82) is 0 Å². The van der Waals surface area contributed by atoms with Crippen molar-refractivity contribution in [2.75, 3.05) is 18.4 Å². The summed E-state index contributed by atoms with van der Waals surface area (Å²) in [6.07, 6.45) is 4.12. The predicted octanol–water partition coefficient (Wildman–Crippen LogP) is 4.19. The van der Waals surface area contributed by atoms with Crippen LogP contribution in [0, 0.1) is 10.7 Å². The second-order valence-electron chi connectivity index (χ2n) is 7.98. The third-order valence-corrected chi connectivity index (χ3v) is 6.58. The van der Waals surface area contributed by atoms with Crippen LogP contribution in [0.4, 0.5) is 5.13 Å². The molecule has 0 spiro atoms. The smallest absolute Gasteiger partial charge is 0.262 e. The minimum Gasteiger partial charge on any atom is -0.332 e. The molecule has 9 heteroatoms. The summed E-state index contributed by atoms with van der Waals surface area (Å²) in [5, 5.41) is 5.90. The Hall–Kier alpha value is -2.62. The molecule has 3 aromatic rings. The number of benzene rings is 1. The molecule has 0 aliphatic carbocycles. The first-order chi connectivity index (χ1) is 14.9. The number of carbonyl (C=O) groups is 1. The minimum absolute atomic E-state index is 0.206. The molecule has 7 nitrogen and oxygen atoms in total. The number of allylic oxidation sites excluding steroid dienone is 1. The SMILES string of the molecule is C=CCn1c(=S)[nH]c2cc(C(=O)Nc3nc(CN4CCCC(C)C4)cs3)ccc2c1=O. The van der Waals surface area contributed by atoms with Gasteiger partial charge in [-0.2, -0.15) is 0 Å². The van der Waals surface area contributed by atoms with Gasteiger partial charge in [-0.3, -0.25) is 24.4 Å². The van der Waals surface area contributed by atoms with Crippen LogP contribution in [-0.4, -0.2) is 38.4 Å². The Morgan fingerprint density at radius 2 is 2.32 bits per heavy atom. The number of fused-ring (bicyclic) bond motifs is 1. The summed E-state index contributed by atoms with van der Waals surface area (Å²) in [5.41, 5.74) is 1.73. The molecule has 1 unspecified atom stereocenters. The maximum atomic E-state index is 12.7. The molecular formula is C22H25N5O2S2. The molecule has 1 fully saturated rings. The van der Waals surface area contributed by atoms with Gasteiger partial charge in [0.2, 0.25) is 0 Å². The van der Waals surface area contributed by atoms with E-state index in [0.717, 1.165) is 25.3 Å². The molecule has 0 saturated carbocycles. The van der Waals surface area contributed by atoms with E-state index in [0.29, 0.717) is 38.8 Å². The van der Waals surface area contributed by atoms with E-state index in [4.69, 9.17) is 12.2 Å². The van der Waals surface area contributed by atoms with Gasteiger partial charge in [-0.05, 0) is 55.7 Å². The number of piperidine rings is 1. The van der Waals surface area contributed by atoms with Crippen molar-refractivity contribution in [2.24, 2.45) is 5.92 Å². The van der Waals surface area contributed by atoms with Crippen molar-refractivity contribution >= 4 is 45.5 Å². The van der Waals surface area contributed by atoms with Crippen LogP contribution in [0.3, 0.4) is 0 Å². The number of amides is 1. The first kappa shape index (κ1) is 21.6. The fraction of sp³-hybridized carbons (Fsp3) is 0.364. The summed E-state index contributed by atoms with van der Waals surface area (Å²) in [5.74, 6) is 0.441. The van der Waals surface area contributed by atoms with Gasteiger partial charge in [-0.15, -0.1) is 17.9 Å². The van der Waals surface area contributed by atoms with Crippen molar-refractivity contribution in [3.8, 4) is 0 Å². The van der Waals surface area contributed by atoms with Gasteiger partial charge >= 0.3 is 0 Å². The molecule has 1 aromatic carbocycles. The van der Waals surface area contributed by atoms with Gasteiger partial charge in [-0.1, -0.05) is 13.0 Å². The van der Waals surface area contributed by atoms with Crippen LogP contribution in [0.25, 0.3) is 10.9 Å². The summed E-state index contributed by atoms with van der Waals surface area (Å²) in [6.45, 7) is 9.25. The fourth-order valence-corrected chi connectivity index (χ4v) is 4.92. The van der Waals surface area contributed by atoms with Crippen molar-refractivity contribution < 1.29 is 4.79 Å². The highest BCUT2D eigenvalue weighted by Gasteiger charge is 2.18. The molecule has 162 valence electrons. The standard InChI is InChI=1S/C22H25N5O2S2/c1-3-8-27-20(29)17-7-6-15(10-18(17)24-22(27)30)19(28)25-21-23-16(13-31-21)12-26-9-4-5-14(2)11-26/h3,6-7,10,13-14H,1,4-5,8-9,11-12H2,2H3,(H,24,30)(H,23,25,28). The van der Waals surface area contributed by atoms with Gasteiger partial charge in [0, 0.05) is 30.6 Å². The Balaban J connectivity index is 1.49. The van der Waals surface area contributed by atoms with E-state index < -0.39 is 0 Å². The summed E-state index contributed by atoms with van der Waals surface area (Å²) in [6, 6.07) is 4.92. The second kappa shape index (κ2) is 9.25. The number of nitrogens with zero attached hydrogens (tertiary/aromatic N) is 3. The Kier molecular flexibility index (Phi) is 6.45. The van der Waals surface area contributed by atoms with Crippen molar-refractivity contribution in [3.05, 3.63) is 62.6 Å². The maximum absolute atomic E-state index is 12.7. The maximum Gasteiger partial charge on any atom is 0.262 e. The molecule has 1 amide bonds. The van der Waals surface area contributed by atoms with E-state index in [-0.39, 0.29) is 11.5 Å². The van der Waals surface area contributed by atoms with E-state index in [1.807, 2.05) is 5.38 Å². The van der Waals surface area contributed by atoms with Crippen LogP contribution >= 0.6 is 23.6 Å². The molecule has 1 aliphatic heterocycles. The zero-order valence-electron chi connectivity index (χ0n) is 17.4. The van der Waals surface area contributed by atoms with Gasteiger partial charge < -0.3 is 4.98 Å². The number of nitrogens with one attached hydrogen (secondary N) is 2. The monoisotopic (exact) mass is 455 g/mol. The number of aromatic nitrogens is 3. The lowest BCUT2D eigenvalue weighted by molar-refractivity contribution is 0.102. The lowest BCUT2D eigenvalue weighted by Crippen LogP contribution is -2.33. The van der Waals surface area contributed by atoms with Crippen molar-refractivity contribution in [2.45, 2.75) is 32.9 Å². The highest BCUT2D eigenvalue weighted by Crippen LogP contribution is 2.21. The molecule has 0 bridgehead atoms. The quantitative estimate of drug-likeness (QED) is 0.430. The lowest BCUT2D eigenvalue weighted by Gasteiger charge is -2.30. The van der Waals surface area contributed by atoms with Gasteiger partial charge in [0.05, 0.1) is 16.6 Å². The van der Waals surface area contributed by atoms with Crippen LogP contribution < -0.4 is 10.9 Å². The number of hydrogen-bond acceptors (Lipinski definition) is 6. The average Bonchev–Trinajstić information content (AvgIpc) is 3.17. The molecule has 2 N–H and O–H groups in total. The van der Waals surface area contributed by atoms with Crippen LogP contribution in [0.2, 0.25) is 0 Å². The number of hydrogen-bond donors (Lipinski definition) is 2. The number of rotatable bonds is 6. The van der Waals surface area contributed by atoms with E-state index in [1.165, 1.54) is 28.7 Å². The van der Waals surface area contributed by atoms with E-state index in [2.05, 4.69) is 33.7 Å². The highest BCUT2D eigenvalue weighted by atomic mass is 32.1. The topological polar surface area (TPSA) is 83.0 Å². The molecule has 1 saturated heterocycles. The van der Waals surface area contributed by atoms with Crippen molar-refractivity contribution in [1.82, 2.24) is 19.4 Å². The number of aromatic amines is 1. The Bertz CT molecular complexity index is 1240. The molecule has 2 aromatic heterocycles. The fourth-order valence-electron chi connectivity index (χ4n) is 3.96. The third kappa shape index (κ3) is 4.84. The Labute approximate surface area is 189 Å². The normalized spacial score (nSPS) is 17.0. The zero-order valence-corrected chi connectivity index (χ0v) is 19.0. The number of anilines is 1. The summed E-state index contributed by atoms with van der Waals surface area (Å²) in [4.78, 5) is 35.4. The highest BCUT2D eigenvalue weighted by molar-refractivity contribution is 7.71. The predicted molar refractivity (Wildman–Crippen MR) is 127 cm³/mol. The van der Waals surface area contributed by atoms with Crippen LogP contribution in [0.1, 0.15) is 35.8 Å². The first-order valence-corrected chi connectivity index (χ1v) is 11.6. The minimum atomic E-state index is -0.274. The Morgan fingerprint density at radius 1 is 1.48 bits per heavy atom. The summed E-state index contributed by atoms with van der Waals surface area (Å²) >= 11 is 6.69. The third-order valence-electron chi connectivity index (χ3n) is 5.45. The number of thiazole rings is 1. The summed E-state index contributed by atoms with van der Waals surface area (Å²) in [7, 11) is 0. The number of carbonyl (C=O) groups excluding carboxylic acids is 1. The van der Waals surface area contributed by atoms with Gasteiger partial charge in [0.1, 0.15) is 0 Å². The molecule has 3 heterocycles. The van der Waals surface area contributed by atoms with Crippen LogP contribution in [-0.2, 0) is 13.1 Å². The molecule has 4 rings (SSSR count). The Morgan fingerprint density at radius 3 is 3.10 bits per heavy atom. The van der Waals surface area contributed by atoms with Gasteiger partial charge in [0.15, 0.2) is 9.90 Å². The molecular weight excluding hydrogens is 430 g/mol. The van der Waals surface area contributed by atoms with E-state index in [1.54, 1.807) is 24.3 Å². The second-order valence-corrected chi connectivity index (χ2v) is 9.22. The number of likely N-dealkylation sites (tertiary alicyclic amines) is 1. The zero-order chi connectivity index (χ0) is 22.0. The molecule has 31 heavy (non-hydrogen) atoms. The summed E-state index contributed by atoms with van der Waals surface area (Å²) < 4.78 is 1.73. The number of H-pyrrole nitrogens is 1. The van der Waals surface area contributed by atoms with Crippen molar-refractivity contribution in [3.63, 3.8) is 0 Å². The van der Waals surface area contributed by atoms with Gasteiger partial charge in [0.25, 0.3) is 11.5 Å². The van der Waals surface area contributed by atoms with Crippen LogP contribution in [0.15, 0.2) is 41.0 Å². The molecule has 0 radical (unpaired) electrons. The lowest BCUT2D eigenvalue weighted by atomic mass is 10.0. The average molecular weight is 456 g/mol. The first-order valence-electron chi connectivity index (χ1n) is 10.3. The molecule has 1 atom stereocenters. The van der Waals surface area contributed by atoms with Gasteiger partial charge in [-0.25, -0.2) is 4.98 Å².